The van der Waals surface area contributed by atoms with Gasteiger partial charge in [0.05, 0.1) is 35.2 Å². The van der Waals surface area contributed by atoms with Gasteiger partial charge in [0.15, 0.2) is 29.8 Å². The lowest BCUT2D eigenvalue weighted by molar-refractivity contribution is -0.696. The van der Waals surface area contributed by atoms with E-state index < -0.39 is 88.3 Å². The van der Waals surface area contributed by atoms with Crippen molar-refractivity contribution in [3.63, 3.8) is 0 Å². The Labute approximate surface area is 416 Å². The molecule has 32 heteroatoms. The first-order valence-electron chi connectivity index (χ1n) is 22.9. The van der Waals surface area contributed by atoms with Crippen LogP contribution in [-0.4, -0.2) is 120 Å². The number of nitrogens with zero attached hydrogens (tertiary/aromatic N) is 5. The summed E-state index contributed by atoms with van der Waals surface area (Å²) in [5.74, 6) is -0.866. The van der Waals surface area contributed by atoms with E-state index in [1.54, 1.807) is 35.2 Å². The molecule has 1 aliphatic rings. The van der Waals surface area contributed by atoms with Crippen molar-refractivity contribution in [3.05, 3.63) is 75.9 Å². The maximum absolute atomic E-state index is 13.0. The second kappa shape index (κ2) is 25.2. The normalized spacial score (nSPS) is 19.7. The number of phosphoric acid groups is 3. The van der Waals surface area contributed by atoms with Gasteiger partial charge in [-0.25, -0.2) is 36.5 Å². The third-order valence-corrected chi connectivity index (χ3v) is 16.4. The molecule has 28 nitrogen and oxygen atoms in total. The topological polar surface area (TPSA) is 412 Å². The predicted molar refractivity (Wildman–Crippen MR) is 257 cm³/mol. The van der Waals surface area contributed by atoms with Gasteiger partial charge in [-0.05, 0) is 50.8 Å². The van der Waals surface area contributed by atoms with E-state index in [0.29, 0.717) is 75.0 Å². The van der Waals surface area contributed by atoms with Gasteiger partial charge in [0.25, 0.3) is 5.56 Å². The maximum Gasteiger partial charge on any atom is 0.490 e. The average Bonchev–Trinajstić information content (AvgIpc) is 3.85. The molecular weight excluding hydrogens is 1050 g/mol. The number of ether oxygens (including phenoxy) is 1. The number of phosphoric ester groups is 2. The molecule has 1 saturated heterocycles. The van der Waals surface area contributed by atoms with Crippen molar-refractivity contribution in [1.82, 2.24) is 24.8 Å². The minimum atomic E-state index is -5.81. The Morgan fingerprint density at radius 2 is 1.64 bits per heavy atom. The van der Waals surface area contributed by atoms with Crippen LogP contribution < -0.4 is 31.7 Å². The number of imidazole rings is 1. The molecule has 0 saturated carbocycles. The number of rotatable bonds is 29. The van der Waals surface area contributed by atoms with Crippen molar-refractivity contribution in [2.45, 2.75) is 95.8 Å². The molecule has 0 radical (unpaired) electrons. The molecule has 1 aliphatic heterocycles. The van der Waals surface area contributed by atoms with Crippen LogP contribution in [0.25, 0.3) is 33.3 Å². The van der Waals surface area contributed by atoms with Crippen LogP contribution in [0.15, 0.2) is 69.1 Å². The molecule has 9 N–H and O–H groups in total. The summed E-state index contributed by atoms with van der Waals surface area (Å²) in [6, 6.07) is 10.8. The summed E-state index contributed by atoms with van der Waals surface area (Å²) in [5.41, 5.74) is 6.35. The first-order valence-corrected chi connectivity index (χ1v) is 29.0. The molecule has 4 aromatic heterocycles. The highest BCUT2D eigenvalue weighted by molar-refractivity contribution is 7.85. The lowest BCUT2D eigenvalue weighted by Gasteiger charge is -2.23. The highest BCUT2D eigenvalue weighted by atomic mass is 32.2. The molecule has 1 amide bonds. The van der Waals surface area contributed by atoms with E-state index in [2.05, 4.69) is 42.8 Å². The van der Waals surface area contributed by atoms with Gasteiger partial charge in [-0.2, -0.15) is 13.6 Å². The second-order valence-corrected chi connectivity index (χ2v) is 22.9. The first-order chi connectivity index (χ1) is 34.4. The molecule has 3 unspecified atom stereocenters. The zero-order valence-electron chi connectivity index (χ0n) is 39.2. The Morgan fingerprint density at radius 3 is 2.36 bits per heavy atom. The molecule has 5 heterocycles. The third-order valence-electron chi connectivity index (χ3n) is 11.3. The lowest BCUT2D eigenvalue weighted by Crippen LogP contribution is -2.33. The minimum absolute atomic E-state index is 0.116. The molecule has 7 atom stereocenters. The van der Waals surface area contributed by atoms with Crippen LogP contribution in [-0.2, 0) is 57.6 Å². The first kappa shape index (κ1) is 57.5. The van der Waals surface area contributed by atoms with E-state index in [0.717, 1.165) is 34.8 Å². The van der Waals surface area contributed by atoms with Gasteiger partial charge in [0.1, 0.15) is 30.4 Å². The van der Waals surface area contributed by atoms with Crippen LogP contribution in [0.4, 0.5) is 11.6 Å². The highest BCUT2D eigenvalue weighted by Gasteiger charge is 2.47. The zero-order valence-corrected chi connectivity index (χ0v) is 42.7. The summed E-state index contributed by atoms with van der Waals surface area (Å²) in [5, 5.41) is 24.6. The van der Waals surface area contributed by atoms with Crippen molar-refractivity contribution >= 4 is 73.3 Å². The van der Waals surface area contributed by atoms with Crippen molar-refractivity contribution in [2.24, 2.45) is 0 Å². The van der Waals surface area contributed by atoms with Crippen LogP contribution in [0, 0.1) is 0 Å². The van der Waals surface area contributed by atoms with E-state index in [1.165, 1.54) is 0 Å². The number of carbonyl (C=O) groups excluding carboxylic acids is 1. The number of benzene rings is 1. The Hall–Kier alpha value is -4.80. The Kier molecular flexibility index (Phi) is 19.8. The molecule has 1 aromatic carbocycles. The van der Waals surface area contributed by atoms with Gasteiger partial charge in [-0.3, -0.25) is 28.2 Å². The number of carbonyl (C=O) groups is 1. The number of aromatic amines is 1. The Balaban J connectivity index is 0.816. The molecule has 5 aromatic rings. The van der Waals surface area contributed by atoms with Gasteiger partial charge >= 0.3 is 29.1 Å². The number of H-pyrrole nitrogens is 1. The number of aromatic nitrogens is 5. The summed E-state index contributed by atoms with van der Waals surface area (Å²) in [7, 11) is -21.0. The summed E-state index contributed by atoms with van der Waals surface area (Å²) in [6.07, 6.45) is 2.50. The molecule has 0 spiro atoms. The third kappa shape index (κ3) is 16.9. The fourth-order valence-corrected chi connectivity index (χ4v) is 11.8. The van der Waals surface area contributed by atoms with Crippen LogP contribution >= 0.6 is 23.5 Å². The van der Waals surface area contributed by atoms with Crippen molar-refractivity contribution in [2.75, 3.05) is 49.2 Å². The number of aryl methyl sites for hydroxylation is 1. The number of nitrogen functional groups attached to an aromatic ring is 1. The number of anilines is 2. The number of pyridine rings is 1. The van der Waals surface area contributed by atoms with E-state index in [1.807, 2.05) is 25.1 Å². The van der Waals surface area contributed by atoms with Crippen LogP contribution in [0.2, 0.25) is 0 Å². The largest absolute Gasteiger partial charge is 0.748 e. The number of aliphatic hydroxyl groups excluding tert-OH is 2. The van der Waals surface area contributed by atoms with Crippen molar-refractivity contribution in [3.8, 4) is 11.1 Å². The number of nitrogens with two attached hydrogens (primary N) is 1. The van der Waals surface area contributed by atoms with E-state index in [4.69, 9.17) is 14.9 Å². The molecule has 6 rings (SSSR count). The Morgan fingerprint density at radius 1 is 0.945 bits per heavy atom. The highest BCUT2D eigenvalue weighted by Crippen LogP contribution is 2.67. The van der Waals surface area contributed by atoms with Gasteiger partial charge in [-0.1, -0.05) is 19.3 Å². The average molecular weight is 1110 g/mol. The Bertz CT molecular complexity index is 3090. The number of aliphatic hydroxyl groups is 2. The lowest BCUT2D eigenvalue weighted by atomic mass is 10.1. The van der Waals surface area contributed by atoms with E-state index in [9.17, 15) is 65.9 Å². The van der Waals surface area contributed by atoms with Crippen molar-refractivity contribution in [1.29, 1.82) is 0 Å². The second-order valence-electron chi connectivity index (χ2n) is 16.8. The standard InChI is InChI=1S/C41H57N8O20P3S/c1-2-48(29-13-12-28-23-30(40(54)67-31(28)24-29)27-14-19-47(20-15-27)17-10-22-73(61,62)63)18-8-5-6-11-33(50)43-16-7-3-4-9-21-64-70(55,56)68-72(59,60)69-71(57,58)65-25-32-35(51)36(52)39(66-32)49-26-44-34-37(49)45-41(42)46-38(34)53/h12-15,19-20,23-24,26,32,35-36,39,51-52H,2-11,16-18,21-22,25H2,1H3,(H7-,42,43,45,46,50,53,55,56,57,58,59,60,61,62,63)/t32-,35-,36-,39-/m1/s1. The summed E-state index contributed by atoms with van der Waals surface area (Å²) < 4.78 is 101. The monoisotopic (exact) mass is 1110 g/mol. The predicted octanol–water partition coefficient (Wildman–Crippen LogP) is 2.45. The van der Waals surface area contributed by atoms with E-state index >= 15 is 0 Å². The number of fused-ring (bicyclic) bond motifs is 2. The molecule has 1 fully saturated rings. The number of unbranched alkanes of at least 4 members (excludes halogenated alkanes) is 5. The molecular formula is C41H57N8O20P3S. The van der Waals surface area contributed by atoms with Crippen LogP contribution in [0.3, 0.4) is 0 Å². The summed E-state index contributed by atoms with van der Waals surface area (Å²) in [4.78, 5) is 79.6. The fourth-order valence-electron chi connectivity index (χ4n) is 7.74. The molecule has 0 aliphatic carbocycles. The minimum Gasteiger partial charge on any atom is -0.748 e. The molecule has 0 bridgehead atoms. The zero-order chi connectivity index (χ0) is 53.1. The number of hydrogen-bond donors (Lipinski definition) is 8. The van der Waals surface area contributed by atoms with Gasteiger partial charge < -0.3 is 54.6 Å². The number of amides is 1. The maximum atomic E-state index is 13.0. The van der Waals surface area contributed by atoms with Gasteiger partial charge in [0.2, 0.25) is 11.9 Å². The summed E-state index contributed by atoms with van der Waals surface area (Å²) >= 11 is 0. The van der Waals surface area contributed by atoms with E-state index in [-0.39, 0.29) is 35.9 Å². The smallest absolute Gasteiger partial charge is 0.490 e. The quantitative estimate of drug-likeness (QED) is 0.0112. The molecule has 402 valence electrons. The number of hydrogen-bond acceptors (Lipinski definition) is 21. The van der Waals surface area contributed by atoms with Crippen LogP contribution in [0.1, 0.15) is 70.9 Å². The molecule has 73 heavy (non-hydrogen) atoms. The fraction of sp³-hybridized carbons (Fsp3) is 0.512. The van der Waals surface area contributed by atoms with Crippen LogP contribution in [0.5, 0.6) is 0 Å². The number of nitrogens with one attached hydrogen (secondary N) is 2. The van der Waals surface area contributed by atoms with Crippen molar-refractivity contribution < 1.29 is 87.7 Å². The van der Waals surface area contributed by atoms with Gasteiger partial charge in [-0.15, -0.1) is 0 Å². The SMILES string of the molecule is CCN(CCCCCC(=O)NCCCCCCOP(=O)(O)OP(=O)(O)OP(=O)(O)OC[C@H]1O[C@@H](n2cnc3c(=O)[nH]c(N)nc32)[C@H](O)[C@@H]1O)c1ccc2cc(-c3cc[n+](CCCS(=O)(=O)[O-])cc3)c(=O)oc2c1. The summed E-state index contributed by atoms with van der Waals surface area (Å²) in [6.45, 7) is 2.68. The van der Waals surface area contributed by atoms with Gasteiger partial charge in [0, 0.05) is 73.1 Å².